The first-order valence-electron chi connectivity index (χ1n) is 5.43. The van der Waals surface area contributed by atoms with Crippen LogP contribution in [0.5, 0.6) is 0 Å². The van der Waals surface area contributed by atoms with E-state index in [1.165, 1.54) is 11.5 Å². The van der Waals surface area contributed by atoms with Crippen molar-refractivity contribution in [1.29, 1.82) is 0 Å². The third-order valence-electron chi connectivity index (χ3n) is 2.13. The largest absolute Gasteiger partial charge is 0.360 e. The second-order valence-electron chi connectivity index (χ2n) is 3.48. The molecule has 5 nitrogen and oxygen atoms in total. The molecule has 0 unspecified atom stereocenters. The van der Waals surface area contributed by atoms with Gasteiger partial charge in [0.1, 0.15) is 11.6 Å². The summed E-state index contributed by atoms with van der Waals surface area (Å²) >= 11 is 1.42. The molecule has 0 spiro atoms. The summed E-state index contributed by atoms with van der Waals surface area (Å²) in [6.07, 6.45) is 6.51. The summed E-state index contributed by atoms with van der Waals surface area (Å²) in [5.74, 6) is 1.93. The zero-order chi connectivity index (χ0) is 11.2. The third-order valence-corrected chi connectivity index (χ3v) is 2.85. The van der Waals surface area contributed by atoms with E-state index in [4.69, 9.17) is 0 Å². The summed E-state index contributed by atoms with van der Waals surface area (Å²) in [6.45, 7) is 2.96. The molecule has 0 aliphatic heterocycles. The molecule has 0 aliphatic rings. The SMILES string of the molecule is CCCc1nsc(NCCc2ncc[nH]2)n1. The van der Waals surface area contributed by atoms with Gasteiger partial charge in [-0.25, -0.2) is 9.97 Å². The molecule has 0 atom stereocenters. The van der Waals surface area contributed by atoms with Gasteiger partial charge >= 0.3 is 0 Å². The molecule has 0 aromatic carbocycles. The Morgan fingerprint density at radius 3 is 3.12 bits per heavy atom. The van der Waals surface area contributed by atoms with Gasteiger partial charge in [-0.05, 0) is 6.42 Å². The fourth-order valence-corrected chi connectivity index (χ4v) is 2.01. The lowest BCUT2D eigenvalue weighted by molar-refractivity contribution is 0.859. The van der Waals surface area contributed by atoms with Gasteiger partial charge in [0.05, 0.1) is 0 Å². The molecule has 0 radical (unpaired) electrons. The minimum absolute atomic E-state index is 0.828. The van der Waals surface area contributed by atoms with E-state index in [1.807, 2.05) is 6.20 Å². The highest BCUT2D eigenvalue weighted by molar-refractivity contribution is 7.09. The molecule has 2 N–H and O–H groups in total. The highest BCUT2D eigenvalue weighted by Gasteiger charge is 2.02. The molecule has 0 saturated heterocycles. The average molecular weight is 237 g/mol. The maximum atomic E-state index is 4.38. The highest BCUT2D eigenvalue weighted by atomic mass is 32.1. The van der Waals surface area contributed by atoms with Crippen LogP contribution in [0.4, 0.5) is 5.13 Å². The molecular formula is C10H15N5S. The summed E-state index contributed by atoms with van der Waals surface area (Å²) in [5.41, 5.74) is 0. The number of aromatic nitrogens is 4. The first kappa shape index (κ1) is 11.1. The van der Waals surface area contributed by atoms with Crippen molar-refractivity contribution >= 4 is 16.7 Å². The van der Waals surface area contributed by atoms with Crippen LogP contribution in [0.1, 0.15) is 25.0 Å². The smallest absolute Gasteiger partial charge is 0.202 e. The number of rotatable bonds is 6. The van der Waals surface area contributed by atoms with Crippen molar-refractivity contribution in [2.24, 2.45) is 0 Å². The Labute approximate surface area is 98.5 Å². The second-order valence-corrected chi connectivity index (χ2v) is 4.23. The Hall–Kier alpha value is -1.43. The summed E-state index contributed by atoms with van der Waals surface area (Å²) in [5, 5.41) is 4.14. The van der Waals surface area contributed by atoms with Crippen molar-refractivity contribution in [3.8, 4) is 0 Å². The first-order valence-corrected chi connectivity index (χ1v) is 6.20. The van der Waals surface area contributed by atoms with E-state index in [0.717, 1.165) is 42.6 Å². The van der Waals surface area contributed by atoms with Crippen molar-refractivity contribution in [3.05, 3.63) is 24.0 Å². The molecule has 0 saturated carbocycles. The van der Waals surface area contributed by atoms with E-state index in [-0.39, 0.29) is 0 Å². The number of aromatic amines is 1. The van der Waals surface area contributed by atoms with Gasteiger partial charge in [-0.2, -0.15) is 4.37 Å². The van der Waals surface area contributed by atoms with Gasteiger partial charge < -0.3 is 10.3 Å². The lowest BCUT2D eigenvalue weighted by atomic mass is 10.3. The van der Waals surface area contributed by atoms with Gasteiger partial charge in [0.15, 0.2) is 0 Å². The Morgan fingerprint density at radius 2 is 2.38 bits per heavy atom. The zero-order valence-electron chi connectivity index (χ0n) is 9.23. The predicted octanol–water partition coefficient (Wildman–Crippen LogP) is 1.87. The van der Waals surface area contributed by atoms with Gasteiger partial charge in [-0.3, -0.25) is 0 Å². The van der Waals surface area contributed by atoms with Crippen LogP contribution in [0.2, 0.25) is 0 Å². The van der Waals surface area contributed by atoms with Gasteiger partial charge in [0, 0.05) is 43.3 Å². The van der Waals surface area contributed by atoms with Crippen LogP contribution >= 0.6 is 11.5 Å². The number of hydrogen-bond acceptors (Lipinski definition) is 5. The van der Waals surface area contributed by atoms with Crippen molar-refractivity contribution in [1.82, 2.24) is 19.3 Å². The quantitative estimate of drug-likeness (QED) is 0.805. The summed E-state index contributed by atoms with van der Waals surface area (Å²) in [7, 11) is 0. The molecule has 86 valence electrons. The number of nitrogens with zero attached hydrogens (tertiary/aromatic N) is 3. The number of nitrogens with one attached hydrogen (secondary N) is 2. The number of anilines is 1. The third kappa shape index (κ3) is 3.03. The van der Waals surface area contributed by atoms with Gasteiger partial charge in [-0.15, -0.1) is 0 Å². The lowest BCUT2D eigenvalue weighted by Crippen LogP contribution is -2.05. The highest BCUT2D eigenvalue weighted by Crippen LogP contribution is 2.11. The Balaban J connectivity index is 1.76. The fourth-order valence-electron chi connectivity index (χ4n) is 1.37. The summed E-state index contributed by atoms with van der Waals surface area (Å²) in [4.78, 5) is 11.6. The molecule has 0 amide bonds. The Morgan fingerprint density at radius 1 is 1.44 bits per heavy atom. The predicted molar refractivity (Wildman–Crippen MR) is 64.7 cm³/mol. The van der Waals surface area contributed by atoms with Crippen LogP contribution in [0.25, 0.3) is 0 Å². The van der Waals surface area contributed by atoms with Gasteiger partial charge in [-0.1, -0.05) is 6.92 Å². The van der Waals surface area contributed by atoms with Crippen LogP contribution in [-0.4, -0.2) is 25.9 Å². The van der Waals surface area contributed by atoms with Crippen LogP contribution in [0.3, 0.4) is 0 Å². The molecule has 2 rings (SSSR count). The Kier molecular flexibility index (Phi) is 3.87. The van der Waals surface area contributed by atoms with E-state index < -0.39 is 0 Å². The molecule has 16 heavy (non-hydrogen) atoms. The van der Waals surface area contributed by atoms with Crippen LogP contribution < -0.4 is 5.32 Å². The van der Waals surface area contributed by atoms with Gasteiger partial charge in [0.25, 0.3) is 0 Å². The summed E-state index contributed by atoms with van der Waals surface area (Å²) in [6, 6.07) is 0. The Bertz CT molecular complexity index is 409. The van der Waals surface area contributed by atoms with E-state index >= 15 is 0 Å². The van der Waals surface area contributed by atoms with Crippen LogP contribution in [-0.2, 0) is 12.8 Å². The molecule has 2 heterocycles. The fraction of sp³-hybridized carbons (Fsp3) is 0.500. The average Bonchev–Trinajstić information content (AvgIpc) is 2.90. The monoisotopic (exact) mass is 237 g/mol. The number of imidazole rings is 1. The van der Waals surface area contributed by atoms with E-state index in [2.05, 4.69) is 31.6 Å². The van der Waals surface area contributed by atoms with E-state index in [1.54, 1.807) is 6.20 Å². The van der Waals surface area contributed by atoms with Crippen LogP contribution in [0.15, 0.2) is 12.4 Å². The first-order chi connectivity index (χ1) is 7.88. The topological polar surface area (TPSA) is 66.5 Å². The molecule has 6 heteroatoms. The maximum Gasteiger partial charge on any atom is 0.202 e. The van der Waals surface area contributed by atoms with E-state index in [9.17, 15) is 0 Å². The molecule has 2 aromatic heterocycles. The minimum Gasteiger partial charge on any atom is -0.360 e. The van der Waals surface area contributed by atoms with E-state index in [0.29, 0.717) is 0 Å². The van der Waals surface area contributed by atoms with Crippen molar-refractivity contribution < 1.29 is 0 Å². The minimum atomic E-state index is 0.828. The van der Waals surface area contributed by atoms with Crippen molar-refractivity contribution in [2.45, 2.75) is 26.2 Å². The number of H-pyrrole nitrogens is 1. The molecule has 2 aromatic rings. The molecule has 0 aliphatic carbocycles. The van der Waals surface area contributed by atoms with Crippen molar-refractivity contribution in [3.63, 3.8) is 0 Å². The standard InChI is InChI=1S/C10H15N5S/c1-2-3-9-14-10(16-15-9)13-5-4-8-11-6-7-12-8/h6-7H,2-5H2,1H3,(H,11,12)(H,13,14,15). The normalized spacial score (nSPS) is 10.6. The number of aryl methyl sites for hydroxylation is 1. The molecule has 0 bridgehead atoms. The second kappa shape index (κ2) is 5.60. The van der Waals surface area contributed by atoms with Gasteiger partial charge in [0.2, 0.25) is 5.13 Å². The number of hydrogen-bond donors (Lipinski definition) is 2. The van der Waals surface area contributed by atoms with Crippen molar-refractivity contribution in [2.75, 3.05) is 11.9 Å². The molecule has 0 fully saturated rings. The zero-order valence-corrected chi connectivity index (χ0v) is 10.0. The van der Waals surface area contributed by atoms with Crippen LogP contribution in [0, 0.1) is 0 Å². The molecular weight excluding hydrogens is 222 g/mol. The summed E-state index contributed by atoms with van der Waals surface area (Å²) < 4.78 is 4.27. The maximum absolute atomic E-state index is 4.38. The lowest BCUT2D eigenvalue weighted by Gasteiger charge is -1.98.